The summed E-state index contributed by atoms with van der Waals surface area (Å²) in [6.45, 7) is 2.24. The van der Waals surface area contributed by atoms with Gasteiger partial charge < -0.3 is 14.6 Å². The number of hydrogen-bond acceptors (Lipinski definition) is 5. The van der Waals surface area contributed by atoms with Crippen LogP contribution in [0.25, 0.3) is 0 Å². The number of nitrogens with one attached hydrogen (secondary N) is 2. The average Bonchev–Trinajstić information content (AvgIpc) is 2.60. The summed E-state index contributed by atoms with van der Waals surface area (Å²) in [5, 5.41) is 9.61. The van der Waals surface area contributed by atoms with Crippen LogP contribution < -0.4 is 20.3 Å². The van der Waals surface area contributed by atoms with E-state index in [-0.39, 0.29) is 16.9 Å². The molecule has 0 saturated carbocycles. The van der Waals surface area contributed by atoms with E-state index in [4.69, 9.17) is 9.47 Å². The highest BCUT2D eigenvalue weighted by Gasteiger charge is 2.14. The van der Waals surface area contributed by atoms with Crippen LogP contribution in [0.4, 0.5) is 0 Å². The lowest BCUT2D eigenvalue weighted by Crippen LogP contribution is -2.41. The number of carbonyl (C=O) groups excluding carboxylic acids is 2. The molecule has 3 N–H and O–H groups in total. The van der Waals surface area contributed by atoms with Gasteiger partial charge in [0.25, 0.3) is 11.8 Å². The molecule has 0 unspecified atom stereocenters. The van der Waals surface area contributed by atoms with Gasteiger partial charge >= 0.3 is 0 Å². The number of rotatable bonds is 5. The van der Waals surface area contributed by atoms with Gasteiger partial charge in [0.2, 0.25) is 0 Å². The number of para-hydroxylation sites is 1. The van der Waals surface area contributed by atoms with E-state index in [1.54, 1.807) is 24.3 Å². The van der Waals surface area contributed by atoms with E-state index in [0.29, 0.717) is 18.1 Å². The fraction of sp³-hybridized carbons (Fsp3) is 0.176. The van der Waals surface area contributed by atoms with Gasteiger partial charge in [-0.2, -0.15) is 0 Å². The lowest BCUT2D eigenvalue weighted by atomic mass is 10.2. The molecule has 126 valence electrons. The van der Waals surface area contributed by atoms with Crippen LogP contribution in [0.15, 0.2) is 42.5 Å². The normalized spacial score (nSPS) is 9.92. The predicted octanol–water partition coefficient (Wildman–Crippen LogP) is 1.87. The van der Waals surface area contributed by atoms with Crippen molar-refractivity contribution in [1.82, 2.24) is 10.9 Å². The molecule has 0 aliphatic rings. The Morgan fingerprint density at radius 1 is 1.04 bits per heavy atom. The highest BCUT2D eigenvalue weighted by molar-refractivity contribution is 6.00. The molecule has 7 nitrogen and oxygen atoms in total. The summed E-state index contributed by atoms with van der Waals surface area (Å²) in [4.78, 5) is 24.1. The first-order valence-electron chi connectivity index (χ1n) is 7.26. The Kier molecular flexibility index (Phi) is 5.62. The molecule has 0 fully saturated rings. The van der Waals surface area contributed by atoms with Gasteiger partial charge in [0.1, 0.15) is 5.75 Å². The van der Waals surface area contributed by atoms with E-state index in [0.717, 1.165) is 0 Å². The maximum absolute atomic E-state index is 12.1. The average molecular weight is 330 g/mol. The Labute approximate surface area is 139 Å². The van der Waals surface area contributed by atoms with Crippen LogP contribution in [0, 0.1) is 0 Å². The van der Waals surface area contributed by atoms with Crippen LogP contribution in [0.5, 0.6) is 17.2 Å². The monoisotopic (exact) mass is 330 g/mol. The first-order chi connectivity index (χ1) is 11.6. The molecule has 0 saturated heterocycles. The molecule has 0 spiro atoms. The fourth-order valence-corrected chi connectivity index (χ4v) is 2.00. The number of phenols is 1. The first kappa shape index (κ1) is 17.1. The zero-order valence-corrected chi connectivity index (χ0v) is 13.3. The molecule has 2 amide bonds. The van der Waals surface area contributed by atoms with Gasteiger partial charge in [-0.15, -0.1) is 0 Å². The molecule has 0 bridgehead atoms. The molecular weight excluding hydrogens is 312 g/mol. The highest BCUT2D eigenvalue weighted by Crippen LogP contribution is 2.27. The van der Waals surface area contributed by atoms with Crippen molar-refractivity contribution in [2.45, 2.75) is 6.92 Å². The van der Waals surface area contributed by atoms with Gasteiger partial charge in [-0.05, 0) is 37.3 Å². The SMILES string of the molecule is CCOc1cc(C(=O)NNC(=O)c2ccccc2O)ccc1OC. The number of carbonyl (C=O) groups is 2. The Balaban J connectivity index is 2.06. The summed E-state index contributed by atoms with van der Waals surface area (Å²) in [5.74, 6) is -0.388. The van der Waals surface area contributed by atoms with E-state index >= 15 is 0 Å². The van der Waals surface area contributed by atoms with E-state index in [2.05, 4.69) is 10.9 Å². The smallest absolute Gasteiger partial charge is 0.273 e. The third kappa shape index (κ3) is 3.95. The van der Waals surface area contributed by atoms with Crippen LogP contribution in [0.2, 0.25) is 0 Å². The van der Waals surface area contributed by atoms with Gasteiger partial charge in [-0.1, -0.05) is 12.1 Å². The zero-order valence-electron chi connectivity index (χ0n) is 13.3. The van der Waals surface area contributed by atoms with Crippen molar-refractivity contribution in [2.75, 3.05) is 13.7 Å². The summed E-state index contributed by atoms with van der Waals surface area (Å²) in [6.07, 6.45) is 0. The van der Waals surface area contributed by atoms with Gasteiger partial charge in [0.15, 0.2) is 11.5 Å². The maximum Gasteiger partial charge on any atom is 0.273 e. The summed E-state index contributed by atoms with van der Waals surface area (Å²) in [7, 11) is 1.50. The predicted molar refractivity (Wildman–Crippen MR) is 87.2 cm³/mol. The van der Waals surface area contributed by atoms with Crippen molar-refractivity contribution in [2.24, 2.45) is 0 Å². The molecule has 0 radical (unpaired) electrons. The fourth-order valence-electron chi connectivity index (χ4n) is 2.00. The molecule has 0 aromatic heterocycles. The number of phenolic OH excluding ortho intramolecular Hbond substituents is 1. The summed E-state index contributed by atoms with van der Waals surface area (Å²) < 4.78 is 10.6. The lowest BCUT2D eigenvalue weighted by molar-refractivity contribution is 0.0845. The second kappa shape index (κ2) is 7.87. The standard InChI is InChI=1S/C17H18N2O5/c1-3-24-15-10-11(8-9-14(15)23-2)16(21)18-19-17(22)12-6-4-5-7-13(12)20/h4-10,20H,3H2,1-2H3,(H,18,21)(H,19,22). The minimum Gasteiger partial charge on any atom is -0.507 e. The number of hydrogen-bond donors (Lipinski definition) is 3. The molecule has 0 aliphatic heterocycles. The molecule has 24 heavy (non-hydrogen) atoms. The Bertz CT molecular complexity index is 746. The van der Waals surface area contributed by atoms with Gasteiger partial charge in [0.05, 0.1) is 19.3 Å². The quantitative estimate of drug-likeness (QED) is 0.727. The Morgan fingerprint density at radius 3 is 2.42 bits per heavy atom. The molecule has 7 heteroatoms. The first-order valence-corrected chi connectivity index (χ1v) is 7.26. The molecular formula is C17H18N2O5. The van der Waals surface area contributed by atoms with Gasteiger partial charge in [0, 0.05) is 5.56 Å². The highest BCUT2D eigenvalue weighted by atomic mass is 16.5. The van der Waals surface area contributed by atoms with Crippen LogP contribution >= 0.6 is 0 Å². The Hall–Kier alpha value is -3.22. The van der Waals surface area contributed by atoms with Gasteiger partial charge in [-0.3, -0.25) is 20.4 Å². The number of hydrazine groups is 1. The molecule has 2 aromatic rings. The molecule has 2 rings (SSSR count). The van der Waals surface area contributed by atoms with Crippen LogP contribution in [0.1, 0.15) is 27.6 Å². The van der Waals surface area contributed by atoms with E-state index in [1.165, 1.54) is 25.3 Å². The summed E-state index contributed by atoms with van der Waals surface area (Å²) >= 11 is 0. The van der Waals surface area contributed by atoms with E-state index in [9.17, 15) is 14.7 Å². The van der Waals surface area contributed by atoms with Gasteiger partial charge in [-0.25, -0.2) is 0 Å². The van der Waals surface area contributed by atoms with Crippen molar-refractivity contribution in [1.29, 1.82) is 0 Å². The summed E-state index contributed by atoms with van der Waals surface area (Å²) in [6, 6.07) is 10.7. The zero-order chi connectivity index (χ0) is 17.5. The minimum absolute atomic E-state index is 0.0579. The number of amides is 2. The molecule has 2 aromatic carbocycles. The maximum atomic E-state index is 12.1. The number of methoxy groups -OCH3 is 1. The van der Waals surface area contributed by atoms with Crippen molar-refractivity contribution >= 4 is 11.8 Å². The largest absolute Gasteiger partial charge is 0.507 e. The van der Waals surface area contributed by atoms with Crippen molar-refractivity contribution in [3.05, 3.63) is 53.6 Å². The van der Waals surface area contributed by atoms with Crippen LogP contribution in [-0.2, 0) is 0 Å². The molecule has 0 atom stereocenters. The van der Waals surface area contributed by atoms with E-state index < -0.39 is 11.8 Å². The van der Waals surface area contributed by atoms with E-state index in [1.807, 2.05) is 6.92 Å². The number of ether oxygens (including phenoxy) is 2. The molecule has 0 heterocycles. The Morgan fingerprint density at radius 2 is 1.75 bits per heavy atom. The molecule has 0 aliphatic carbocycles. The summed E-state index contributed by atoms with van der Waals surface area (Å²) in [5.41, 5.74) is 4.88. The third-order valence-corrected chi connectivity index (χ3v) is 3.16. The number of benzene rings is 2. The van der Waals surface area contributed by atoms with Crippen molar-refractivity contribution in [3.8, 4) is 17.2 Å². The lowest BCUT2D eigenvalue weighted by Gasteiger charge is -2.12. The topological polar surface area (TPSA) is 96.9 Å². The minimum atomic E-state index is -0.625. The number of aromatic hydroxyl groups is 1. The second-order valence-electron chi connectivity index (χ2n) is 4.72. The second-order valence-corrected chi connectivity index (χ2v) is 4.72. The van der Waals surface area contributed by atoms with Crippen LogP contribution in [-0.4, -0.2) is 30.6 Å². The van der Waals surface area contributed by atoms with Crippen molar-refractivity contribution in [3.63, 3.8) is 0 Å². The van der Waals surface area contributed by atoms with Crippen LogP contribution in [0.3, 0.4) is 0 Å². The van der Waals surface area contributed by atoms with Crippen molar-refractivity contribution < 1.29 is 24.2 Å². The third-order valence-electron chi connectivity index (χ3n) is 3.16.